The Morgan fingerprint density at radius 1 is 1.05 bits per heavy atom. The lowest BCUT2D eigenvalue weighted by Gasteiger charge is -2.33. The van der Waals surface area contributed by atoms with Gasteiger partial charge in [-0.2, -0.15) is 0 Å². The first-order chi connectivity index (χ1) is 19.0. The number of pyridine rings is 2. The smallest absolute Gasteiger partial charge is 0.223 e. The summed E-state index contributed by atoms with van der Waals surface area (Å²) in [6.45, 7) is 3.97. The van der Waals surface area contributed by atoms with Gasteiger partial charge in [0.2, 0.25) is 5.91 Å². The number of benzene rings is 1. The van der Waals surface area contributed by atoms with Crippen LogP contribution in [0.15, 0.2) is 48.9 Å². The van der Waals surface area contributed by atoms with Gasteiger partial charge >= 0.3 is 0 Å². The van der Waals surface area contributed by atoms with E-state index in [0.717, 1.165) is 48.0 Å². The Morgan fingerprint density at radius 3 is 2.54 bits per heavy atom. The largest absolute Gasteiger partial charge is 0.356 e. The van der Waals surface area contributed by atoms with E-state index >= 15 is 0 Å². The third-order valence-corrected chi connectivity index (χ3v) is 7.38. The number of nitrogens with zero attached hydrogens (tertiary/aromatic N) is 5. The van der Waals surface area contributed by atoms with Crippen molar-refractivity contribution in [2.45, 2.75) is 38.5 Å². The van der Waals surface area contributed by atoms with Gasteiger partial charge in [-0.25, -0.2) is 23.7 Å². The van der Waals surface area contributed by atoms with Crippen LogP contribution < -0.4 is 15.5 Å². The molecule has 6 rings (SSSR count). The number of para-hydroxylation sites is 1. The predicted octanol–water partition coefficient (Wildman–Crippen LogP) is 5.34. The van der Waals surface area contributed by atoms with E-state index in [4.69, 9.17) is 9.97 Å². The molecule has 1 saturated heterocycles. The zero-order valence-corrected chi connectivity index (χ0v) is 21.6. The van der Waals surface area contributed by atoms with Crippen LogP contribution in [-0.2, 0) is 4.79 Å². The molecule has 8 nitrogen and oxygen atoms in total. The normalized spacial score (nSPS) is 15.9. The lowest BCUT2D eigenvalue weighted by molar-refractivity contribution is -0.125. The maximum absolute atomic E-state index is 14.2. The van der Waals surface area contributed by atoms with Gasteiger partial charge in [-0.3, -0.25) is 9.78 Å². The zero-order valence-electron chi connectivity index (χ0n) is 21.6. The monoisotopic (exact) mass is 529 g/mol. The van der Waals surface area contributed by atoms with Gasteiger partial charge in [-0.15, -0.1) is 0 Å². The SMILES string of the molecule is CCNC(=O)C1CCN(c2nc(-c3ccnc(Nc4c(F)cccc4F)c3)nc3cncc(C4CC4)c23)CC1. The number of piperidine rings is 1. The standard InChI is InChI=1S/C29H29F2N7O/c1-2-33-29(39)18-9-12-38(13-10-18)28-25-20(17-6-7-17)15-32-16-23(25)35-27(37-28)19-8-11-34-24(14-19)36-26-21(30)4-3-5-22(26)31/h3-5,8,11,14-18H,2,6-7,9-10,12-13H2,1H3,(H,33,39)(H,34,36). The Balaban J connectivity index is 1.37. The lowest BCUT2D eigenvalue weighted by atomic mass is 9.95. The van der Waals surface area contributed by atoms with Crippen LogP contribution in [0.25, 0.3) is 22.3 Å². The van der Waals surface area contributed by atoms with E-state index in [1.165, 1.54) is 18.2 Å². The molecule has 0 spiro atoms. The summed E-state index contributed by atoms with van der Waals surface area (Å²) in [6, 6.07) is 7.14. The highest BCUT2D eigenvalue weighted by molar-refractivity contribution is 5.94. The molecule has 0 unspecified atom stereocenters. The summed E-state index contributed by atoms with van der Waals surface area (Å²) in [6.07, 6.45) is 8.96. The van der Waals surface area contributed by atoms with Gasteiger partial charge in [0, 0.05) is 48.9 Å². The number of aromatic nitrogens is 4. The predicted molar refractivity (Wildman–Crippen MR) is 146 cm³/mol. The molecular weight excluding hydrogens is 500 g/mol. The summed E-state index contributed by atoms with van der Waals surface area (Å²) in [5.74, 6) is 0.714. The maximum Gasteiger partial charge on any atom is 0.223 e. The summed E-state index contributed by atoms with van der Waals surface area (Å²) in [7, 11) is 0. The molecule has 1 aliphatic carbocycles. The molecule has 10 heteroatoms. The van der Waals surface area contributed by atoms with Crippen LogP contribution in [0.3, 0.4) is 0 Å². The van der Waals surface area contributed by atoms with Crippen LogP contribution in [0, 0.1) is 17.6 Å². The minimum Gasteiger partial charge on any atom is -0.356 e. The molecule has 0 bridgehead atoms. The number of halogens is 2. The van der Waals surface area contributed by atoms with Gasteiger partial charge in [0.05, 0.1) is 11.7 Å². The summed E-state index contributed by atoms with van der Waals surface area (Å²) < 4.78 is 28.5. The average molecular weight is 530 g/mol. The third kappa shape index (κ3) is 5.10. The number of nitrogens with one attached hydrogen (secondary N) is 2. The minimum absolute atomic E-state index is 0.00838. The zero-order chi connectivity index (χ0) is 26.9. The average Bonchev–Trinajstić information content (AvgIpc) is 3.80. The Labute approximate surface area is 224 Å². The van der Waals surface area contributed by atoms with Gasteiger partial charge in [0.25, 0.3) is 0 Å². The highest BCUT2D eigenvalue weighted by Gasteiger charge is 2.31. The maximum atomic E-state index is 14.2. The Bertz CT molecular complexity index is 1510. The fourth-order valence-electron chi connectivity index (χ4n) is 5.21. The van der Waals surface area contributed by atoms with E-state index in [1.54, 1.807) is 24.5 Å². The van der Waals surface area contributed by atoms with Crippen LogP contribution >= 0.6 is 0 Å². The van der Waals surface area contributed by atoms with Gasteiger partial charge in [0.1, 0.15) is 29.0 Å². The van der Waals surface area contributed by atoms with E-state index < -0.39 is 11.6 Å². The second-order valence-electron chi connectivity index (χ2n) is 10.1. The Kier molecular flexibility index (Phi) is 6.76. The number of carbonyl (C=O) groups excluding carboxylic acids is 1. The van der Waals surface area contributed by atoms with Crippen molar-refractivity contribution in [3.05, 3.63) is 66.1 Å². The van der Waals surface area contributed by atoms with Gasteiger partial charge < -0.3 is 15.5 Å². The van der Waals surface area contributed by atoms with E-state index in [-0.39, 0.29) is 23.3 Å². The number of hydrogen-bond donors (Lipinski definition) is 2. The van der Waals surface area contributed by atoms with Crippen molar-refractivity contribution in [3.8, 4) is 11.4 Å². The summed E-state index contributed by atoms with van der Waals surface area (Å²) in [5, 5.41) is 6.70. The fraction of sp³-hybridized carbons (Fsp3) is 0.345. The molecule has 3 aromatic heterocycles. The summed E-state index contributed by atoms with van der Waals surface area (Å²) in [5.41, 5.74) is 2.29. The first-order valence-electron chi connectivity index (χ1n) is 13.4. The van der Waals surface area contributed by atoms with Gasteiger partial charge in [-0.05, 0) is 68.4 Å². The van der Waals surface area contributed by atoms with Crippen molar-refractivity contribution in [3.63, 3.8) is 0 Å². The number of fused-ring (bicyclic) bond motifs is 1. The molecule has 4 heterocycles. The first kappa shape index (κ1) is 25.1. The molecule has 1 amide bonds. The van der Waals surface area contributed by atoms with E-state index in [0.29, 0.717) is 36.9 Å². The van der Waals surface area contributed by atoms with E-state index in [9.17, 15) is 13.6 Å². The topological polar surface area (TPSA) is 95.9 Å². The van der Waals surface area contributed by atoms with Crippen molar-refractivity contribution in [1.29, 1.82) is 0 Å². The molecule has 200 valence electrons. The molecule has 39 heavy (non-hydrogen) atoms. The number of anilines is 3. The van der Waals surface area contributed by atoms with Gasteiger partial charge in [-0.1, -0.05) is 6.07 Å². The molecular formula is C29H29F2N7O. The first-order valence-corrected chi connectivity index (χ1v) is 13.4. The molecule has 1 saturated carbocycles. The van der Waals surface area contributed by atoms with Gasteiger partial charge in [0.15, 0.2) is 5.82 Å². The molecule has 2 N–H and O–H groups in total. The molecule has 2 aliphatic rings. The van der Waals surface area contributed by atoms with Crippen LogP contribution in [0.2, 0.25) is 0 Å². The quantitative estimate of drug-likeness (QED) is 0.334. The van der Waals surface area contributed by atoms with Crippen LogP contribution in [0.5, 0.6) is 0 Å². The summed E-state index contributed by atoms with van der Waals surface area (Å²) >= 11 is 0. The fourth-order valence-corrected chi connectivity index (χ4v) is 5.21. The second-order valence-corrected chi connectivity index (χ2v) is 10.1. The third-order valence-electron chi connectivity index (χ3n) is 7.38. The molecule has 0 atom stereocenters. The molecule has 0 radical (unpaired) electrons. The molecule has 2 fully saturated rings. The molecule has 4 aromatic rings. The number of carbonyl (C=O) groups is 1. The summed E-state index contributed by atoms with van der Waals surface area (Å²) in [4.78, 5) is 33.3. The Hall–Kier alpha value is -4.21. The molecule has 1 aromatic carbocycles. The molecule has 1 aliphatic heterocycles. The van der Waals surface area contributed by atoms with Crippen molar-refractivity contribution in [1.82, 2.24) is 25.3 Å². The second kappa shape index (κ2) is 10.5. The van der Waals surface area contributed by atoms with E-state index in [2.05, 4.69) is 25.5 Å². The van der Waals surface area contributed by atoms with Crippen molar-refractivity contribution in [2.24, 2.45) is 5.92 Å². The van der Waals surface area contributed by atoms with Crippen molar-refractivity contribution in [2.75, 3.05) is 29.9 Å². The van der Waals surface area contributed by atoms with Crippen molar-refractivity contribution >= 4 is 34.1 Å². The number of amides is 1. The van der Waals surface area contributed by atoms with Crippen LogP contribution in [-0.4, -0.2) is 45.5 Å². The lowest BCUT2D eigenvalue weighted by Crippen LogP contribution is -2.41. The van der Waals surface area contributed by atoms with Crippen molar-refractivity contribution < 1.29 is 13.6 Å². The van der Waals surface area contributed by atoms with Crippen LogP contribution in [0.1, 0.15) is 44.1 Å². The Morgan fingerprint density at radius 2 is 1.82 bits per heavy atom. The highest BCUT2D eigenvalue weighted by Crippen LogP contribution is 2.45. The highest BCUT2D eigenvalue weighted by atomic mass is 19.1. The minimum atomic E-state index is -0.707. The van der Waals surface area contributed by atoms with E-state index in [1.807, 2.05) is 13.1 Å². The number of hydrogen-bond acceptors (Lipinski definition) is 7. The number of rotatable bonds is 7. The van der Waals surface area contributed by atoms with Crippen LogP contribution in [0.4, 0.5) is 26.1 Å².